The van der Waals surface area contributed by atoms with Crippen molar-refractivity contribution in [1.82, 2.24) is 14.9 Å². The molecule has 6 rings (SSSR count). The van der Waals surface area contributed by atoms with Crippen molar-refractivity contribution in [3.63, 3.8) is 0 Å². The highest BCUT2D eigenvalue weighted by Crippen LogP contribution is 2.40. The van der Waals surface area contributed by atoms with Crippen molar-refractivity contribution in [3.05, 3.63) is 59.5 Å². The monoisotopic (exact) mass is 565 g/mol. The molecule has 0 spiro atoms. The molecule has 0 unspecified atom stereocenters. The third-order valence-corrected chi connectivity index (χ3v) is 8.53. The number of piperidine rings is 1. The van der Waals surface area contributed by atoms with Crippen molar-refractivity contribution in [1.29, 1.82) is 0 Å². The Balaban J connectivity index is 1.26. The SMILES string of the molecule is CN1CCC(c2ccc(Nc3ncc(F)c(-c4cc(F)c5c(c4)N(C(=O)C4CCCCC4)CCO5)n3)cc2F)CC1. The van der Waals surface area contributed by atoms with Crippen LogP contribution >= 0.6 is 0 Å². The number of hydrogen-bond donors (Lipinski definition) is 1. The van der Waals surface area contributed by atoms with Crippen molar-refractivity contribution >= 4 is 23.2 Å². The molecule has 0 bridgehead atoms. The highest BCUT2D eigenvalue weighted by Gasteiger charge is 2.32. The van der Waals surface area contributed by atoms with Crippen molar-refractivity contribution < 1.29 is 22.7 Å². The van der Waals surface area contributed by atoms with E-state index in [1.807, 2.05) is 0 Å². The zero-order valence-electron chi connectivity index (χ0n) is 23.1. The third kappa shape index (κ3) is 5.75. The summed E-state index contributed by atoms with van der Waals surface area (Å²) in [4.78, 5) is 25.5. The number of anilines is 3. The minimum absolute atomic E-state index is 0.0165. The number of fused-ring (bicyclic) bond motifs is 1. The molecule has 1 saturated carbocycles. The van der Waals surface area contributed by atoms with E-state index in [1.165, 1.54) is 6.07 Å². The number of carbonyl (C=O) groups excluding carboxylic acids is 1. The molecule has 1 aromatic heterocycles. The second kappa shape index (κ2) is 11.7. The van der Waals surface area contributed by atoms with Gasteiger partial charge in [0.15, 0.2) is 17.4 Å². The Morgan fingerprint density at radius 3 is 2.49 bits per heavy atom. The van der Waals surface area contributed by atoms with E-state index < -0.39 is 11.6 Å². The normalized spacial score (nSPS) is 18.6. The molecular formula is C31H34F3N5O2. The minimum atomic E-state index is -0.749. The lowest BCUT2D eigenvalue weighted by Gasteiger charge is -2.33. The van der Waals surface area contributed by atoms with E-state index in [4.69, 9.17) is 4.74 Å². The first-order chi connectivity index (χ1) is 19.9. The molecule has 2 aromatic carbocycles. The van der Waals surface area contributed by atoms with E-state index >= 15 is 13.2 Å². The number of carbonyl (C=O) groups is 1. The van der Waals surface area contributed by atoms with Crippen LogP contribution in [-0.4, -0.2) is 54.1 Å². The van der Waals surface area contributed by atoms with E-state index in [0.717, 1.165) is 70.3 Å². The van der Waals surface area contributed by atoms with Crippen LogP contribution in [0.5, 0.6) is 5.75 Å². The van der Waals surface area contributed by atoms with E-state index in [9.17, 15) is 4.79 Å². The highest BCUT2D eigenvalue weighted by molar-refractivity contribution is 5.97. The lowest BCUT2D eigenvalue weighted by atomic mass is 9.88. The highest BCUT2D eigenvalue weighted by atomic mass is 19.1. The molecule has 10 heteroatoms. The molecule has 1 aliphatic carbocycles. The Morgan fingerprint density at radius 2 is 1.73 bits per heavy atom. The molecule has 41 heavy (non-hydrogen) atoms. The quantitative estimate of drug-likeness (QED) is 0.385. The number of hydrogen-bond acceptors (Lipinski definition) is 6. The number of ether oxygens (including phenoxy) is 1. The summed E-state index contributed by atoms with van der Waals surface area (Å²) in [5.74, 6) is -1.73. The fraction of sp³-hybridized carbons (Fsp3) is 0.452. The molecule has 7 nitrogen and oxygen atoms in total. The predicted octanol–water partition coefficient (Wildman–Crippen LogP) is 6.42. The largest absolute Gasteiger partial charge is 0.486 e. The topological polar surface area (TPSA) is 70.6 Å². The van der Waals surface area contributed by atoms with Crippen LogP contribution in [0.4, 0.5) is 30.5 Å². The standard InChI is InChI=1S/C31H34F3N5O2/c1-38-11-9-19(10-12-38)23-8-7-22(17-24(23)32)36-31-35-18-26(34)28(37-31)21-15-25(33)29-27(16-21)39(13-14-41-29)30(40)20-5-3-2-4-6-20/h7-8,15-20H,2-6,9-14H2,1H3,(H,35,36,37). The van der Waals surface area contributed by atoms with Gasteiger partial charge in [0.05, 0.1) is 18.4 Å². The van der Waals surface area contributed by atoms with Gasteiger partial charge in [0, 0.05) is 17.2 Å². The molecule has 1 N–H and O–H groups in total. The molecule has 3 heterocycles. The Hall–Kier alpha value is -3.66. The molecule has 1 amide bonds. The van der Waals surface area contributed by atoms with Crippen LogP contribution < -0.4 is 15.0 Å². The lowest BCUT2D eigenvalue weighted by molar-refractivity contribution is -0.123. The number of nitrogens with one attached hydrogen (secondary N) is 1. The van der Waals surface area contributed by atoms with Gasteiger partial charge in [-0.1, -0.05) is 25.3 Å². The van der Waals surface area contributed by atoms with Gasteiger partial charge >= 0.3 is 0 Å². The molecule has 3 aliphatic rings. The summed E-state index contributed by atoms with van der Waals surface area (Å²) in [5, 5.41) is 2.95. The summed E-state index contributed by atoms with van der Waals surface area (Å²) >= 11 is 0. The van der Waals surface area contributed by atoms with Gasteiger partial charge in [-0.3, -0.25) is 4.79 Å². The first-order valence-corrected chi connectivity index (χ1v) is 14.4. The summed E-state index contributed by atoms with van der Waals surface area (Å²) in [5.41, 5.74) is 1.40. The summed E-state index contributed by atoms with van der Waals surface area (Å²) in [6, 6.07) is 7.62. The first-order valence-electron chi connectivity index (χ1n) is 14.4. The first kappa shape index (κ1) is 27.5. The maximum absolute atomic E-state index is 15.2. The Kier molecular flexibility index (Phi) is 7.84. The zero-order valence-corrected chi connectivity index (χ0v) is 23.1. The summed E-state index contributed by atoms with van der Waals surface area (Å²) in [7, 11) is 2.07. The molecule has 2 fully saturated rings. The van der Waals surface area contributed by atoms with Crippen LogP contribution in [0.25, 0.3) is 11.3 Å². The zero-order chi connectivity index (χ0) is 28.5. The number of halogens is 3. The van der Waals surface area contributed by atoms with Crippen LogP contribution in [0.2, 0.25) is 0 Å². The number of aromatic nitrogens is 2. The third-order valence-electron chi connectivity index (χ3n) is 8.53. The molecule has 1 saturated heterocycles. The van der Waals surface area contributed by atoms with E-state index in [-0.39, 0.29) is 58.8 Å². The molecule has 216 valence electrons. The Bertz CT molecular complexity index is 1440. The second-order valence-corrected chi connectivity index (χ2v) is 11.3. The Labute approximate surface area is 237 Å². The van der Waals surface area contributed by atoms with Crippen LogP contribution in [-0.2, 0) is 4.79 Å². The smallest absolute Gasteiger partial charge is 0.230 e. The molecule has 2 aliphatic heterocycles. The van der Waals surface area contributed by atoms with E-state index in [2.05, 4.69) is 27.2 Å². The number of rotatable bonds is 5. The van der Waals surface area contributed by atoms with Crippen molar-refractivity contribution in [2.45, 2.75) is 50.9 Å². The number of nitrogens with zero attached hydrogens (tertiary/aromatic N) is 4. The van der Waals surface area contributed by atoms with Crippen molar-refractivity contribution in [2.24, 2.45) is 5.92 Å². The van der Waals surface area contributed by atoms with Gasteiger partial charge in [-0.2, -0.15) is 0 Å². The van der Waals surface area contributed by atoms with Crippen LogP contribution in [0.15, 0.2) is 36.5 Å². The maximum Gasteiger partial charge on any atom is 0.230 e. The van der Waals surface area contributed by atoms with Gasteiger partial charge in [-0.05, 0) is 81.6 Å². The minimum Gasteiger partial charge on any atom is -0.486 e. The van der Waals surface area contributed by atoms with Gasteiger partial charge in [-0.25, -0.2) is 23.1 Å². The molecule has 0 atom stereocenters. The van der Waals surface area contributed by atoms with Crippen molar-refractivity contribution in [2.75, 3.05) is 43.5 Å². The fourth-order valence-corrected chi connectivity index (χ4v) is 6.23. The predicted molar refractivity (Wildman–Crippen MR) is 151 cm³/mol. The van der Waals surface area contributed by atoms with Gasteiger partial charge < -0.3 is 19.9 Å². The second-order valence-electron chi connectivity index (χ2n) is 11.3. The summed E-state index contributed by atoms with van der Waals surface area (Å²) in [6.07, 6.45) is 7.51. The van der Waals surface area contributed by atoms with Crippen LogP contribution in [0, 0.1) is 23.4 Å². The van der Waals surface area contributed by atoms with Gasteiger partial charge in [0.25, 0.3) is 0 Å². The van der Waals surface area contributed by atoms with Gasteiger partial charge in [0.1, 0.15) is 18.1 Å². The lowest BCUT2D eigenvalue weighted by Crippen LogP contribution is -2.42. The number of likely N-dealkylation sites (tertiary alicyclic amines) is 1. The molecular weight excluding hydrogens is 531 g/mol. The van der Waals surface area contributed by atoms with E-state index in [1.54, 1.807) is 23.1 Å². The summed E-state index contributed by atoms with van der Waals surface area (Å²) < 4.78 is 50.9. The Morgan fingerprint density at radius 1 is 0.951 bits per heavy atom. The van der Waals surface area contributed by atoms with Gasteiger partial charge in [-0.15, -0.1) is 0 Å². The fourth-order valence-electron chi connectivity index (χ4n) is 6.23. The number of amides is 1. The van der Waals surface area contributed by atoms with E-state index in [0.29, 0.717) is 17.8 Å². The molecule has 3 aromatic rings. The van der Waals surface area contributed by atoms with Crippen LogP contribution in [0.3, 0.4) is 0 Å². The number of benzene rings is 2. The van der Waals surface area contributed by atoms with Crippen molar-refractivity contribution in [3.8, 4) is 17.0 Å². The average molecular weight is 566 g/mol. The van der Waals surface area contributed by atoms with Gasteiger partial charge in [0.2, 0.25) is 11.9 Å². The molecule has 0 radical (unpaired) electrons. The summed E-state index contributed by atoms with van der Waals surface area (Å²) in [6.45, 7) is 2.34. The maximum atomic E-state index is 15.2. The average Bonchev–Trinajstić information content (AvgIpc) is 2.98. The van der Waals surface area contributed by atoms with Crippen LogP contribution in [0.1, 0.15) is 56.4 Å².